The van der Waals surface area contributed by atoms with Gasteiger partial charge in [-0.1, -0.05) is 196 Å². The van der Waals surface area contributed by atoms with Gasteiger partial charge in [-0.05, 0) is 83.5 Å². The van der Waals surface area contributed by atoms with Crippen molar-refractivity contribution >= 4 is 5.91 Å². The summed E-state index contributed by atoms with van der Waals surface area (Å²) in [5, 5.41) is 87.0. The molecule has 434 valence electrons. The van der Waals surface area contributed by atoms with Crippen molar-refractivity contribution in [1.29, 1.82) is 0 Å². The molecule has 0 aromatic carbocycles. The normalized spacial score (nSPS) is 25.6. The van der Waals surface area contributed by atoms with Crippen molar-refractivity contribution in [2.75, 3.05) is 19.8 Å². The summed E-state index contributed by atoms with van der Waals surface area (Å²) in [5.74, 6) is -0.268. The lowest BCUT2D eigenvalue weighted by Crippen LogP contribution is -2.65. The fourth-order valence-electron chi connectivity index (χ4n) is 9.27. The predicted molar refractivity (Wildman–Crippen MR) is 300 cm³/mol. The van der Waals surface area contributed by atoms with Crippen LogP contribution in [-0.4, -0.2) is 140 Å². The second-order valence-corrected chi connectivity index (χ2v) is 20.7. The molecular formula is C61H107NO13. The predicted octanol–water partition coefficient (Wildman–Crippen LogP) is 9.94. The molecule has 2 heterocycles. The molecule has 12 atom stereocenters. The van der Waals surface area contributed by atoms with E-state index in [1.165, 1.54) is 103 Å². The largest absolute Gasteiger partial charge is 0.394 e. The van der Waals surface area contributed by atoms with Crippen LogP contribution in [0, 0.1) is 0 Å². The van der Waals surface area contributed by atoms with Gasteiger partial charge in [0.25, 0.3) is 0 Å². The molecule has 0 aromatic rings. The van der Waals surface area contributed by atoms with Crippen molar-refractivity contribution in [2.24, 2.45) is 0 Å². The SMILES string of the molecule is CCCCC/C=C\C/C=C\C/C=C\CCCCCCCCC(=O)NC(COC1OC(CO)C(OC2OC(CO)C(O)C(O)C2O)C(O)C1O)C(O)/C=C/CC/C=C/CC/C=C/CCCCCCCCCCCCCC. The highest BCUT2D eigenvalue weighted by Gasteiger charge is 2.51. The minimum Gasteiger partial charge on any atom is -0.394 e. The molecule has 75 heavy (non-hydrogen) atoms. The van der Waals surface area contributed by atoms with Gasteiger partial charge in [-0.2, -0.15) is 0 Å². The lowest BCUT2D eigenvalue weighted by Gasteiger charge is -2.46. The summed E-state index contributed by atoms with van der Waals surface area (Å²) in [6.07, 6.45) is 43.6. The number of unbranched alkanes of at least 4 members (excludes halogenated alkanes) is 23. The van der Waals surface area contributed by atoms with Gasteiger partial charge in [0.05, 0.1) is 32.0 Å². The standard InChI is InChI=1S/C61H107NO13/c1-3-5-7-9-11-13-15-17-19-21-23-24-25-27-28-30-32-34-36-38-40-42-44-50(65)49(62-53(66)45-43-41-39-37-35-33-31-29-26-22-20-18-16-14-12-10-8-6-4-2)48-72-60-58(71)56(69)59(52(47-64)74-60)75-61-57(70)55(68)54(67)51(46-63)73-61/h12,14,18,20,26-29,34,36,42,44,49-52,54-61,63-65,67-71H,3-11,13,15-17,19,21-25,30-33,35,37-41,43,45-48H2,1-2H3,(H,62,66)/b14-12-,20-18-,28-27+,29-26-,36-34+,44-42+. The van der Waals surface area contributed by atoms with E-state index in [0.717, 1.165) is 77.0 Å². The zero-order chi connectivity index (χ0) is 54.6. The van der Waals surface area contributed by atoms with Crippen LogP contribution in [0.5, 0.6) is 0 Å². The number of hydrogen-bond donors (Lipinski definition) is 9. The van der Waals surface area contributed by atoms with E-state index in [4.69, 9.17) is 18.9 Å². The molecular weight excluding hydrogens is 955 g/mol. The monoisotopic (exact) mass is 1060 g/mol. The first kappa shape index (κ1) is 68.5. The Morgan fingerprint density at radius 3 is 1.43 bits per heavy atom. The van der Waals surface area contributed by atoms with Crippen molar-refractivity contribution in [3.05, 3.63) is 72.9 Å². The first-order chi connectivity index (χ1) is 36.6. The third-order valence-electron chi connectivity index (χ3n) is 14.1. The number of aliphatic hydroxyl groups is 8. The van der Waals surface area contributed by atoms with Gasteiger partial charge in [0.1, 0.15) is 48.8 Å². The lowest BCUT2D eigenvalue weighted by molar-refractivity contribution is -0.359. The molecule has 14 heteroatoms. The second-order valence-electron chi connectivity index (χ2n) is 20.7. The van der Waals surface area contributed by atoms with Gasteiger partial charge in [0, 0.05) is 6.42 Å². The molecule has 0 aliphatic carbocycles. The van der Waals surface area contributed by atoms with E-state index in [1.807, 2.05) is 6.08 Å². The molecule has 12 unspecified atom stereocenters. The molecule has 2 fully saturated rings. The number of allylic oxidation sites excluding steroid dienone is 11. The van der Waals surface area contributed by atoms with Gasteiger partial charge in [-0.3, -0.25) is 4.79 Å². The number of amides is 1. The summed E-state index contributed by atoms with van der Waals surface area (Å²) in [5.41, 5.74) is 0. The maximum atomic E-state index is 13.2. The third-order valence-corrected chi connectivity index (χ3v) is 14.1. The van der Waals surface area contributed by atoms with Crippen molar-refractivity contribution in [2.45, 2.75) is 286 Å². The van der Waals surface area contributed by atoms with E-state index in [0.29, 0.717) is 12.8 Å². The minimum absolute atomic E-state index is 0.252. The van der Waals surface area contributed by atoms with Crippen molar-refractivity contribution < 1.29 is 64.6 Å². The number of ether oxygens (including phenoxy) is 4. The minimum atomic E-state index is -1.80. The number of aliphatic hydroxyl groups excluding tert-OH is 8. The van der Waals surface area contributed by atoms with E-state index in [9.17, 15) is 45.6 Å². The quantitative estimate of drug-likeness (QED) is 0.0205. The highest BCUT2D eigenvalue weighted by atomic mass is 16.7. The molecule has 2 aliphatic rings. The Hall–Kier alpha value is -2.57. The fourth-order valence-corrected chi connectivity index (χ4v) is 9.27. The van der Waals surface area contributed by atoms with Crippen LogP contribution in [0.25, 0.3) is 0 Å². The first-order valence-corrected chi connectivity index (χ1v) is 29.7. The number of hydrogen-bond acceptors (Lipinski definition) is 13. The zero-order valence-electron chi connectivity index (χ0n) is 46.5. The molecule has 2 saturated heterocycles. The fraction of sp³-hybridized carbons (Fsp3) is 0.787. The zero-order valence-corrected chi connectivity index (χ0v) is 46.5. The van der Waals surface area contributed by atoms with Gasteiger partial charge in [0.15, 0.2) is 12.6 Å². The van der Waals surface area contributed by atoms with Crippen molar-refractivity contribution in [3.8, 4) is 0 Å². The smallest absolute Gasteiger partial charge is 0.220 e. The van der Waals surface area contributed by atoms with Crippen LogP contribution < -0.4 is 5.32 Å². The van der Waals surface area contributed by atoms with Gasteiger partial charge >= 0.3 is 0 Å². The first-order valence-electron chi connectivity index (χ1n) is 29.7. The Bertz CT molecular complexity index is 1530. The maximum Gasteiger partial charge on any atom is 0.220 e. The van der Waals surface area contributed by atoms with Gasteiger partial charge in [-0.25, -0.2) is 0 Å². The highest BCUT2D eigenvalue weighted by Crippen LogP contribution is 2.30. The van der Waals surface area contributed by atoms with Gasteiger partial charge < -0.3 is 65.1 Å². The lowest BCUT2D eigenvalue weighted by atomic mass is 9.97. The average Bonchev–Trinajstić information content (AvgIpc) is 3.41. The van der Waals surface area contributed by atoms with E-state index in [1.54, 1.807) is 6.08 Å². The molecule has 1 amide bonds. The Kier molecular flexibility index (Phi) is 42.4. The van der Waals surface area contributed by atoms with Crippen molar-refractivity contribution in [3.63, 3.8) is 0 Å². The van der Waals surface area contributed by atoms with E-state index in [-0.39, 0.29) is 18.9 Å². The summed E-state index contributed by atoms with van der Waals surface area (Å²) < 4.78 is 22.7. The van der Waals surface area contributed by atoms with Crippen molar-refractivity contribution in [1.82, 2.24) is 5.32 Å². The van der Waals surface area contributed by atoms with Crippen LogP contribution in [0.4, 0.5) is 0 Å². The van der Waals surface area contributed by atoms with E-state index >= 15 is 0 Å². The van der Waals surface area contributed by atoms with E-state index in [2.05, 4.69) is 79.9 Å². The molecule has 2 rings (SSSR count). The molecule has 14 nitrogen and oxygen atoms in total. The molecule has 0 saturated carbocycles. The van der Waals surface area contributed by atoms with E-state index < -0.39 is 86.8 Å². The van der Waals surface area contributed by atoms with Crippen LogP contribution >= 0.6 is 0 Å². The summed E-state index contributed by atoms with van der Waals surface area (Å²) in [6.45, 7) is 2.73. The maximum absolute atomic E-state index is 13.2. The van der Waals surface area contributed by atoms with Crippen LogP contribution in [0.2, 0.25) is 0 Å². The molecule has 9 N–H and O–H groups in total. The molecule has 0 radical (unpaired) electrons. The summed E-state index contributed by atoms with van der Waals surface area (Å²) in [4.78, 5) is 13.2. The third kappa shape index (κ3) is 32.2. The Labute approximate surface area is 453 Å². The number of nitrogens with one attached hydrogen (secondary N) is 1. The van der Waals surface area contributed by atoms with Crippen LogP contribution in [-0.2, 0) is 23.7 Å². The highest BCUT2D eigenvalue weighted by molar-refractivity contribution is 5.76. The number of carbonyl (C=O) groups excluding carboxylic acids is 1. The van der Waals surface area contributed by atoms with Crippen LogP contribution in [0.3, 0.4) is 0 Å². The second kappa shape index (κ2) is 46.4. The average molecular weight is 1060 g/mol. The summed E-state index contributed by atoms with van der Waals surface area (Å²) in [6, 6.07) is -0.949. The number of carbonyl (C=O) groups is 1. The van der Waals surface area contributed by atoms with Gasteiger partial charge in [0.2, 0.25) is 5.91 Å². The summed E-state index contributed by atoms with van der Waals surface area (Å²) >= 11 is 0. The molecule has 0 bridgehead atoms. The Morgan fingerprint density at radius 1 is 0.480 bits per heavy atom. The topological polar surface area (TPSA) is 228 Å². The molecule has 0 spiro atoms. The molecule has 2 aliphatic heterocycles. The van der Waals surface area contributed by atoms with Crippen LogP contribution in [0.15, 0.2) is 72.9 Å². The Balaban J connectivity index is 1.81. The summed E-state index contributed by atoms with van der Waals surface area (Å²) in [7, 11) is 0. The molecule has 0 aromatic heterocycles. The Morgan fingerprint density at radius 2 is 0.893 bits per heavy atom. The van der Waals surface area contributed by atoms with Crippen LogP contribution in [0.1, 0.15) is 213 Å². The van der Waals surface area contributed by atoms with Gasteiger partial charge in [-0.15, -0.1) is 0 Å². The number of rotatable bonds is 46.